The summed E-state index contributed by atoms with van der Waals surface area (Å²) in [5.41, 5.74) is 0. The molecule has 0 bridgehead atoms. The maximum Gasteiger partial charge on any atom is 0.242 e. The minimum atomic E-state index is -3.89. The van der Waals surface area contributed by atoms with Crippen molar-refractivity contribution < 1.29 is 13.2 Å². The van der Waals surface area contributed by atoms with Gasteiger partial charge in [-0.15, -0.1) is 6.58 Å². The Labute approximate surface area is 121 Å². The third kappa shape index (κ3) is 4.83. The van der Waals surface area contributed by atoms with Gasteiger partial charge in [0.25, 0.3) is 0 Å². The lowest BCUT2D eigenvalue weighted by molar-refractivity contribution is -0.119. The molecule has 0 aliphatic heterocycles. The molecular formula is C11H12Cl2N2O3S. The molecule has 5 nitrogen and oxygen atoms in total. The zero-order valence-corrected chi connectivity index (χ0v) is 12.1. The molecule has 0 aliphatic rings. The molecule has 0 aromatic heterocycles. The Hall–Kier alpha value is -1.08. The van der Waals surface area contributed by atoms with Gasteiger partial charge in [-0.05, 0) is 18.2 Å². The van der Waals surface area contributed by atoms with E-state index in [2.05, 4.69) is 16.6 Å². The molecule has 0 radical (unpaired) electrons. The zero-order valence-electron chi connectivity index (χ0n) is 9.82. The van der Waals surface area contributed by atoms with Crippen molar-refractivity contribution in [2.24, 2.45) is 0 Å². The number of sulfonamides is 1. The van der Waals surface area contributed by atoms with Gasteiger partial charge in [0.2, 0.25) is 15.9 Å². The second-order valence-corrected chi connectivity index (χ2v) is 6.07. The second kappa shape index (κ2) is 6.91. The maximum atomic E-state index is 11.9. The summed E-state index contributed by atoms with van der Waals surface area (Å²) in [6.07, 6.45) is 1.49. The molecule has 19 heavy (non-hydrogen) atoms. The standard InChI is InChI=1S/C11H12Cl2N2O3S/c1-2-5-14-11(16)7-15-19(17,18)10-6-8(12)3-4-9(10)13/h2-4,6,15H,1,5,7H2,(H,14,16). The van der Waals surface area contributed by atoms with Gasteiger partial charge < -0.3 is 5.32 Å². The summed E-state index contributed by atoms with van der Waals surface area (Å²) >= 11 is 11.5. The quantitative estimate of drug-likeness (QED) is 0.781. The molecular weight excluding hydrogens is 311 g/mol. The predicted molar refractivity (Wildman–Crippen MR) is 74.9 cm³/mol. The summed E-state index contributed by atoms with van der Waals surface area (Å²) in [5, 5.41) is 2.71. The van der Waals surface area contributed by atoms with E-state index in [4.69, 9.17) is 23.2 Å². The lowest BCUT2D eigenvalue weighted by Crippen LogP contribution is -2.37. The van der Waals surface area contributed by atoms with E-state index in [0.29, 0.717) is 0 Å². The van der Waals surface area contributed by atoms with E-state index in [9.17, 15) is 13.2 Å². The number of benzene rings is 1. The fraction of sp³-hybridized carbons (Fsp3) is 0.182. The first-order valence-corrected chi connectivity index (χ1v) is 7.43. The molecule has 0 saturated carbocycles. The van der Waals surface area contributed by atoms with Crippen molar-refractivity contribution in [2.45, 2.75) is 4.90 Å². The summed E-state index contributed by atoms with van der Waals surface area (Å²) < 4.78 is 26.0. The van der Waals surface area contributed by atoms with Gasteiger partial charge in [-0.1, -0.05) is 29.3 Å². The van der Waals surface area contributed by atoms with Crippen LogP contribution in [-0.4, -0.2) is 27.4 Å². The van der Waals surface area contributed by atoms with Crippen LogP contribution in [0.1, 0.15) is 0 Å². The summed E-state index contributed by atoms with van der Waals surface area (Å²) in [7, 11) is -3.89. The Morgan fingerprint density at radius 1 is 1.37 bits per heavy atom. The third-order valence-corrected chi connectivity index (χ3v) is 4.17. The summed E-state index contributed by atoms with van der Waals surface area (Å²) in [5.74, 6) is -0.471. The first kappa shape index (κ1) is 16.0. The first-order chi connectivity index (χ1) is 8.86. The van der Waals surface area contributed by atoms with Crippen LogP contribution in [0.25, 0.3) is 0 Å². The highest BCUT2D eigenvalue weighted by atomic mass is 35.5. The molecule has 0 fully saturated rings. The largest absolute Gasteiger partial charge is 0.352 e. The van der Waals surface area contributed by atoms with Crippen molar-refractivity contribution in [1.82, 2.24) is 10.0 Å². The molecule has 1 aromatic rings. The number of amides is 1. The van der Waals surface area contributed by atoms with Crippen LogP contribution in [-0.2, 0) is 14.8 Å². The molecule has 0 atom stereocenters. The highest BCUT2D eigenvalue weighted by Crippen LogP contribution is 2.24. The van der Waals surface area contributed by atoms with Crippen LogP contribution in [0, 0.1) is 0 Å². The monoisotopic (exact) mass is 322 g/mol. The van der Waals surface area contributed by atoms with Gasteiger partial charge >= 0.3 is 0 Å². The number of rotatable bonds is 6. The predicted octanol–water partition coefficient (Wildman–Crippen LogP) is 1.57. The molecule has 104 valence electrons. The minimum Gasteiger partial charge on any atom is -0.352 e. The maximum absolute atomic E-state index is 11.9. The fourth-order valence-electron chi connectivity index (χ4n) is 1.17. The molecule has 1 aromatic carbocycles. The van der Waals surface area contributed by atoms with Crippen molar-refractivity contribution in [2.75, 3.05) is 13.1 Å². The van der Waals surface area contributed by atoms with E-state index in [1.54, 1.807) is 0 Å². The van der Waals surface area contributed by atoms with E-state index in [1.165, 1.54) is 24.3 Å². The van der Waals surface area contributed by atoms with Gasteiger partial charge in [-0.25, -0.2) is 13.1 Å². The van der Waals surface area contributed by atoms with E-state index in [-0.39, 0.29) is 28.0 Å². The highest BCUT2D eigenvalue weighted by molar-refractivity contribution is 7.89. The average Bonchev–Trinajstić information content (AvgIpc) is 2.36. The molecule has 0 aliphatic carbocycles. The van der Waals surface area contributed by atoms with Gasteiger partial charge in [0.1, 0.15) is 4.90 Å². The molecule has 2 N–H and O–H groups in total. The van der Waals surface area contributed by atoms with Gasteiger partial charge in [-0.2, -0.15) is 0 Å². The van der Waals surface area contributed by atoms with E-state index < -0.39 is 15.9 Å². The number of carbonyl (C=O) groups is 1. The molecule has 1 amide bonds. The van der Waals surface area contributed by atoms with Gasteiger partial charge in [0.15, 0.2) is 0 Å². The topological polar surface area (TPSA) is 75.3 Å². The van der Waals surface area contributed by atoms with Crippen LogP contribution in [0.15, 0.2) is 35.7 Å². The van der Waals surface area contributed by atoms with Crippen molar-refractivity contribution in [1.29, 1.82) is 0 Å². The van der Waals surface area contributed by atoms with Gasteiger partial charge in [0.05, 0.1) is 11.6 Å². The molecule has 8 heteroatoms. The Balaban J connectivity index is 2.79. The van der Waals surface area contributed by atoms with Crippen LogP contribution >= 0.6 is 23.2 Å². The minimum absolute atomic E-state index is 0.0309. The summed E-state index contributed by atoms with van der Waals surface area (Å²) in [4.78, 5) is 11.1. The van der Waals surface area contributed by atoms with Crippen LogP contribution < -0.4 is 10.0 Å². The molecule has 0 heterocycles. The number of hydrogen-bond acceptors (Lipinski definition) is 3. The van der Waals surface area contributed by atoms with Crippen molar-refractivity contribution >= 4 is 39.1 Å². The van der Waals surface area contributed by atoms with Crippen LogP contribution in [0.2, 0.25) is 10.0 Å². The summed E-state index contributed by atoms with van der Waals surface area (Å²) in [6, 6.07) is 4.06. The summed E-state index contributed by atoms with van der Waals surface area (Å²) in [6.45, 7) is 3.30. The van der Waals surface area contributed by atoms with E-state index in [0.717, 1.165) is 0 Å². The lowest BCUT2D eigenvalue weighted by atomic mass is 10.4. The average molecular weight is 323 g/mol. The first-order valence-electron chi connectivity index (χ1n) is 5.19. The Kier molecular flexibility index (Phi) is 5.81. The Bertz CT molecular complexity index is 588. The smallest absolute Gasteiger partial charge is 0.242 e. The van der Waals surface area contributed by atoms with Crippen molar-refractivity contribution in [3.63, 3.8) is 0 Å². The number of hydrogen-bond donors (Lipinski definition) is 2. The lowest BCUT2D eigenvalue weighted by Gasteiger charge is -2.08. The molecule has 0 spiro atoms. The Morgan fingerprint density at radius 3 is 2.68 bits per heavy atom. The second-order valence-electron chi connectivity index (χ2n) is 3.49. The number of nitrogens with one attached hydrogen (secondary N) is 2. The highest BCUT2D eigenvalue weighted by Gasteiger charge is 2.19. The van der Waals surface area contributed by atoms with Crippen LogP contribution in [0.4, 0.5) is 0 Å². The third-order valence-electron chi connectivity index (χ3n) is 2.05. The van der Waals surface area contributed by atoms with E-state index in [1.807, 2.05) is 0 Å². The molecule has 0 saturated heterocycles. The van der Waals surface area contributed by atoms with Gasteiger partial charge in [-0.3, -0.25) is 4.79 Å². The molecule has 0 unspecified atom stereocenters. The van der Waals surface area contributed by atoms with Crippen molar-refractivity contribution in [3.05, 3.63) is 40.9 Å². The van der Waals surface area contributed by atoms with Crippen LogP contribution in [0.3, 0.4) is 0 Å². The Morgan fingerprint density at radius 2 is 2.05 bits per heavy atom. The van der Waals surface area contributed by atoms with Crippen molar-refractivity contribution in [3.8, 4) is 0 Å². The zero-order chi connectivity index (χ0) is 14.5. The number of carbonyl (C=O) groups excluding carboxylic acids is 1. The van der Waals surface area contributed by atoms with Crippen LogP contribution in [0.5, 0.6) is 0 Å². The normalized spacial score (nSPS) is 11.1. The van der Waals surface area contributed by atoms with E-state index >= 15 is 0 Å². The SMILES string of the molecule is C=CCNC(=O)CNS(=O)(=O)c1cc(Cl)ccc1Cl. The number of halogens is 2. The fourth-order valence-corrected chi connectivity index (χ4v) is 2.91. The van der Waals surface area contributed by atoms with Gasteiger partial charge in [0, 0.05) is 11.6 Å². The molecule has 1 rings (SSSR count).